The smallest absolute Gasteiger partial charge is 0.266 e. The second kappa shape index (κ2) is 5.94. The van der Waals surface area contributed by atoms with Gasteiger partial charge in [-0.3, -0.25) is 15.2 Å². The van der Waals surface area contributed by atoms with Gasteiger partial charge in [0.05, 0.1) is 11.3 Å². The Morgan fingerprint density at radius 1 is 1.29 bits per heavy atom. The third kappa shape index (κ3) is 3.04. The summed E-state index contributed by atoms with van der Waals surface area (Å²) in [7, 11) is 0. The molecule has 0 fully saturated rings. The Kier molecular flexibility index (Phi) is 3.85. The topological polar surface area (TPSA) is 94.0 Å². The maximum atomic E-state index is 11.3. The van der Waals surface area contributed by atoms with E-state index in [4.69, 9.17) is 10.3 Å². The minimum absolute atomic E-state index is 0.361. The van der Waals surface area contributed by atoms with Gasteiger partial charge in [-0.05, 0) is 24.3 Å². The van der Waals surface area contributed by atoms with Crippen LogP contribution < -0.4 is 11.3 Å². The van der Waals surface area contributed by atoms with Crippen molar-refractivity contribution < 1.29 is 9.21 Å². The number of hydrazine groups is 1. The van der Waals surface area contributed by atoms with E-state index in [0.29, 0.717) is 16.5 Å². The van der Waals surface area contributed by atoms with Crippen LogP contribution in [0.4, 0.5) is 0 Å². The molecule has 7 heteroatoms. The molecule has 0 saturated heterocycles. The molecule has 0 spiro atoms. The summed E-state index contributed by atoms with van der Waals surface area (Å²) >= 11 is 1.45. The van der Waals surface area contributed by atoms with Gasteiger partial charge in [0.1, 0.15) is 5.52 Å². The lowest BCUT2D eigenvalue weighted by Crippen LogP contribution is -2.30. The maximum absolute atomic E-state index is 11.3. The lowest BCUT2D eigenvalue weighted by molar-refractivity contribution is 0.0953. The van der Waals surface area contributed by atoms with Crippen LogP contribution in [0, 0.1) is 0 Å². The molecule has 3 N–H and O–H groups in total. The monoisotopic (exact) mass is 300 g/mol. The zero-order chi connectivity index (χ0) is 14.7. The fourth-order valence-electron chi connectivity index (χ4n) is 1.78. The van der Waals surface area contributed by atoms with Gasteiger partial charge in [-0.2, -0.15) is 0 Å². The summed E-state index contributed by atoms with van der Waals surface area (Å²) in [6.07, 6.45) is 1.49. The maximum Gasteiger partial charge on any atom is 0.266 e. The molecule has 6 nitrogen and oxygen atoms in total. The molecule has 106 valence electrons. The van der Waals surface area contributed by atoms with Crippen molar-refractivity contribution >= 4 is 28.8 Å². The van der Waals surface area contributed by atoms with Gasteiger partial charge in [-0.1, -0.05) is 23.9 Å². The molecule has 2 heterocycles. The number of thioether (sulfide) groups is 1. The first-order chi connectivity index (χ1) is 10.3. The Bertz CT molecular complexity index is 737. The average Bonchev–Trinajstić information content (AvgIpc) is 2.95. The zero-order valence-electron chi connectivity index (χ0n) is 10.9. The molecule has 0 aliphatic heterocycles. The molecular weight excluding hydrogens is 288 g/mol. The average molecular weight is 300 g/mol. The van der Waals surface area contributed by atoms with Crippen molar-refractivity contribution in [2.75, 3.05) is 0 Å². The number of carbonyl (C=O) groups excluding carboxylic acids is 1. The summed E-state index contributed by atoms with van der Waals surface area (Å²) in [5.41, 5.74) is 4.92. The van der Waals surface area contributed by atoms with E-state index in [1.807, 2.05) is 24.3 Å². The first kappa shape index (κ1) is 13.6. The summed E-state index contributed by atoms with van der Waals surface area (Å²) in [4.78, 5) is 19.9. The molecule has 2 aromatic heterocycles. The van der Waals surface area contributed by atoms with Crippen LogP contribution in [0.5, 0.6) is 0 Å². The van der Waals surface area contributed by atoms with Crippen molar-refractivity contribution in [2.24, 2.45) is 5.84 Å². The SMILES string of the molecule is NNC(=O)c1ccc(CSc2nc3ccccc3o2)nc1. The van der Waals surface area contributed by atoms with E-state index in [9.17, 15) is 4.79 Å². The number of hydrogen-bond acceptors (Lipinski definition) is 6. The summed E-state index contributed by atoms with van der Waals surface area (Å²) in [5.74, 6) is 5.31. The summed E-state index contributed by atoms with van der Waals surface area (Å²) in [6, 6.07) is 11.1. The van der Waals surface area contributed by atoms with E-state index < -0.39 is 0 Å². The van der Waals surface area contributed by atoms with Crippen molar-refractivity contribution in [1.29, 1.82) is 0 Å². The second-order valence-electron chi connectivity index (χ2n) is 4.25. The van der Waals surface area contributed by atoms with Crippen LogP contribution in [0.2, 0.25) is 0 Å². The molecule has 3 rings (SSSR count). The highest BCUT2D eigenvalue weighted by Gasteiger charge is 2.08. The number of nitrogen functional groups attached to an aromatic ring is 1. The van der Waals surface area contributed by atoms with Crippen LogP contribution in [0.3, 0.4) is 0 Å². The van der Waals surface area contributed by atoms with Crippen LogP contribution in [-0.2, 0) is 5.75 Å². The van der Waals surface area contributed by atoms with Crippen molar-refractivity contribution in [3.05, 3.63) is 53.9 Å². The predicted molar refractivity (Wildman–Crippen MR) is 79.5 cm³/mol. The Labute approximate surface area is 124 Å². The fraction of sp³-hybridized carbons (Fsp3) is 0.0714. The molecule has 0 unspecified atom stereocenters. The number of hydrogen-bond donors (Lipinski definition) is 2. The molecule has 1 aromatic carbocycles. The molecule has 0 atom stereocenters. The van der Waals surface area contributed by atoms with Gasteiger partial charge < -0.3 is 4.42 Å². The standard InChI is InChI=1S/C14H12N4O2S/c15-18-13(19)9-5-6-10(16-7-9)8-21-14-17-11-3-1-2-4-12(11)20-14/h1-7H,8,15H2,(H,18,19). The number of nitrogens with one attached hydrogen (secondary N) is 1. The number of pyridine rings is 1. The van der Waals surface area contributed by atoms with Crippen LogP contribution in [0.25, 0.3) is 11.1 Å². The molecule has 0 aliphatic carbocycles. The van der Waals surface area contributed by atoms with Gasteiger partial charge in [0.15, 0.2) is 5.58 Å². The van der Waals surface area contributed by atoms with Crippen molar-refractivity contribution in [2.45, 2.75) is 11.0 Å². The van der Waals surface area contributed by atoms with Gasteiger partial charge >= 0.3 is 0 Å². The number of nitrogens with zero attached hydrogens (tertiary/aromatic N) is 2. The third-order valence-electron chi connectivity index (χ3n) is 2.84. The molecule has 3 aromatic rings. The first-order valence-corrected chi connectivity index (χ1v) is 7.19. The van der Waals surface area contributed by atoms with E-state index in [1.165, 1.54) is 18.0 Å². The van der Waals surface area contributed by atoms with Gasteiger partial charge in [0, 0.05) is 11.9 Å². The van der Waals surface area contributed by atoms with Gasteiger partial charge in [-0.25, -0.2) is 10.8 Å². The van der Waals surface area contributed by atoms with E-state index in [-0.39, 0.29) is 5.91 Å². The first-order valence-electron chi connectivity index (χ1n) is 6.20. The lowest BCUT2D eigenvalue weighted by Gasteiger charge is -2.01. The Morgan fingerprint density at radius 3 is 2.86 bits per heavy atom. The number of aromatic nitrogens is 2. The molecule has 0 aliphatic rings. The van der Waals surface area contributed by atoms with E-state index >= 15 is 0 Å². The fourth-order valence-corrected chi connectivity index (χ4v) is 2.53. The van der Waals surface area contributed by atoms with Crippen molar-refractivity contribution in [3.63, 3.8) is 0 Å². The van der Waals surface area contributed by atoms with Gasteiger partial charge in [0.25, 0.3) is 11.1 Å². The Balaban J connectivity index is 1.68. The Morgan fingerprint density at radius 2 is 2.14 bits per heavy atom. The number of rotatable bonds is 4. The molecular formula is C14H12N4O2S. The predicted octanol–water partition coefficient (Wildman–Crippen LogP) is 2.12. The summed E-state index contributed by atoms with van der Waals surface area (Å²) in [6.45, 7) is 0. The van der Waals surface area contributed by atoms with E-state index in [1.54, 1.807) is 12.1 Å². The summed E-state index contributed by atoms with van der Waals surface area (Å²) in [5, 5.41) is 0.599. The number of fused-ring (bicyclic) bond motifs is 1. The van der Waals surface area contributed by atoms with Crippen LogP contribution in [-0.4, -0.2) is 15.9 Å². The van der Waals surface area contributed by atoms with Crippen molar-refractivity contribution in [3.8, 4) is 0 Å². The van der Waals surface area contributed by atoms with Crippen LogP contribution in [0.15, 0.2) is 52.2 Å². The highest BCUT2D eigenvalue weighted by molar-refractivity contribution is 7.98. The highest BCUT2D eigenvalue weighted by atomic mass is 32.2. The number of carbonyl (C=O) groups is 1. The normalized spacial score (nSPS) is 10.7. The number of nitrogens with two attached hydrogens (primary N) is 1. The zero-order valence-corrected chi connectivity index (χ0v) is 11.8. The highest BCUT2D eigenvalue weighted by Crippen LogP contribution is 2.25. The quantitative estimate of drug-likeness (QED) is 0.332. The minimum atomic E-state index is -0.361. The number of benzene rings is 1. The van der Waals surface area contributed by atoms with E-state index in [2.05, 4.69) is 15.4 Å². The largest absolute Gasteiger partial charge is 0.431 e. The van der Waals surface area contributed by atoms with Gasteiger partial charge in [0.2, 0.25) is 0 Å². The third-order valence-corrected chi connectivity index (χ3v) is 3.70. The lowest BCUT2D eigenvalue weighted by atomic mass is 10.2. The molecule has 1 amide bonds. The Hall–Kier alpha value is -2.38. The molecule has 21 heavy (non-hydrogen) atoms. The number of para-hydroxylation sites is 2. The minimum Gasteiger partial charge on any atom is -0.431 e. The summed E-state index contributed by atoms with van der Waals surface area (Å²) < 4.78 is 5.61. The van der Waals surface area contributed by atoms with Crippen molar-refractivity contribution in [1.82, 2.24) is 15.4 Å². The van der Waals surface area contributed by atoms with Crippen LogP contribution >= 0.6 is 11.8 Å². The van der Waals surface area contributed by atoms with E-state index in [0.717, 1.165) is 16.8 Å². The van der Waals surface area contributed by atoms with Crippen LogP contribution in [0.1, 0.15) is 16.1 Å². The van der Waals surface area contributed by atoms with Gasteiger partial charge in [-0.15, -0.1) is 0 Å². The number of oxazole rings is 1. The molecule has 0 radical (unpaired) electrons. The second-order valence-corrected chi connectivity index (χ2v) is 5.17. The molecule has 0 bridgehead atoms. The molecule has 0 saturated carbocycles. The number of amides is 1.